The number of hydrogen-bond donors (Lipinski definition) is 0. The van der Waals surface area contributed by atoms with Crippen molar-refractivity contribution in [3.8, 4) is 11.5 Å². The van der Waals surface area contributed by atoms with Crippen LogP contribution in [0.1, 0.15) is 155 Å². The van der Waals surface area contributed by atoms with Gasteiger partial charge in [-0.3, -0.25) is 0 Å². The van der Waals surface area contributed by atoms with Crippen LogP contribution in [0, 0.1) is 5.41 Å². The van der Waals surface area contributed by atoms with Crippen LogP contribution in [0.3, 0.4) is 0 Å². The van der Waals surface area contributed by atoms with Gasteiger partial charge in [0.05, 0.1) is 0 Å². The maximum absolute atomic E-state index is 6.31. The van der Waals surface area contributed by atoms with Crippen molar-refractivity contribution >= 4 is 14.5 Å². The van der Waals surface area contributed by atoms with E-state index in [9.17, 15) is 0 Å². The van der Waals surface area contributed by atoms with Crippen molar-refractivity contribution in [3.63, 3.8) is 0 Å². The quantitative estimate of drug-likeness (QED) is 0.108. The van der Waals surface area contributed by atoms with Crippen LogP contribution in [0.5, 0.6) is 11.5 Å². The molecule has 0 spiro atoms. The molecule has 34 heavy (non-hydrogen) atoms. The van der Waals surface area contributed by atoms with Gasteiger partial charge in [-0.2, -0.15) is 0 Å². The first kappa shape index (κ1) is 29.8. The van der Waals surface area contributed by atoms with Crippen LogP contribution >= 0.6 is 0 Å². The summed E-state index contributed by atoms with van der Waals surface area (Å²) in [5.41, 5.74) is 0.222. The van der Waals surface area contributed by atoms with Crippen molar-refractivity contribution < 1.29 is 9.47 Å². The topological polar surface area (TPSA) is 18.5 Å². The Morgan fingerprint density at radius 1 is 0.529 bits per heavy atom. The summed E-state index contributed by atoms with van der Waals surface area (Å²) >= 11 is 0.428. The molecule has 0 bridgehead atoms. The first-order valence-electron chi connectivity index (χ1n) is 15.1. The second-order valence-corrected chi connectivity index (χ2v) is 12.6. The van der Waals surface area contributed by atoms with Crippen molar-refractivity contribution in [2.75, 3.05) is 13.2 Å². The molecule has 198 valence electrons. The number of fused-ring (bicyclic) bond motifs is 1. The molecule has 2 nitrogen and oxygen atoms in total. The van der Waals surface area contributed by atoms with Gasteiger partial charge in [0.2, 0.25) is 0 Å². The summed E-state index contributed by atoms with van der Waals surface area (Å²) in [5, 5.41) is 0. The molecule has 0 saturated heterocycles. The number of unbranched alkanes of at least 4 members (excludes halogenated alkanes) is 18. The maximum atomic E-state index is 6.31. The van der Waals surface area contributed by atoms with E-state index >= 15 is 0 Å². The van der Waals surface area contributed by atoms with Gasteiger partial charge in [-0.15, -0.1) is 0 Å². The average molecular weight is 540 g/mol. The minimum absolute atomic E-state index is 0.222. The molecule has 3 heteroatoms. The minimum atomic E-state index is 0.222. The summed E-state index contributed by atoms with van der Waals surface area (Å²) in [6.07, 6.45) is 30.7. The Morgan fingerprint density at radius 3 is 1.21 bits per heavy atom. The third-order valence-electron chi connectivity index (χ3n) is 7.78. The molecule has 1 aromatic heterocycles. The average Bonchev–Trinajstić information content (AvgIpc) is 3.24. The molecular formula is C31H56O2Se. The molecule has 0 N–H and O–H groups in total. The van der Waals surface area contributed by atoms with Crippen LogP contribution in [0.15, 0.2) is 9.88 Å². The van der Waals surface area contributed by atoms with Gasteiger partial charge in [-0.1, -0.05) is 65.2 Å². The molecule has 0 atom stereocenters. The third kappa shape index (κ3) is 13.1. The molecule has 2 rings (SSSR count). The molecule has 0 aromatic carbocycles. The van der Waals surface area contributed by atoms with E-state index in [0.29, 0.717) is 14.5 Å². The van der Waals surface area contributed by atoms with Gasteiger partial charge in [-0.05, 0) is 0 Å². The zero-order chi connectivity index (χ0) is 24.2. The van der Waals surface area contributed by atoms with Crippen molar-refractivity contribution in [2.24, 2.45) is 5.41 Å². The molecule has 2 heterocycles. The fraction of sp³-hybridized carbons (Fsp3) is 0.871. The van der Waals surface area contributed by atoms with E-state index in [4.69, 9.17) is 9.47 Å². The molecule has 0 aliphatic carbocycles. The number of ether oxygens (including phenoxy) is 2. The van der Waals surface area contributed by atoms with E-state index in [0.717, 1.165) is 24.7 Å². The van der Waals surface area contributed by atoms with Crippen molar-refractivity contribution in [3.05, 3.63) is 9.88 Å². The van der Waals surface area contributed by atoms with Gasteiger partial charge in [0.15, 0.2) is 0 Å². The SMILES string of the molecule is CCCCCCCCCCCCC1(CCCCCCCCCCCC)COc2c[se]cc2OC1. The van der Waals surface area contributed by atoms with E-state index in [-0.39, 0.29) is 5.41 Å². The van der Waals surface area contributed by atoms with Crippen molar-refractivity contribution in [2.45, 2.75) is 155 Å². The predicted molar refractivity (Wildman–Crippen MR) is 150 cm³/mol. The molecule has 1 aliphatic rings. The van der Waals surface area contributed by atoms with E-state index in [1.54, 1.807) is 0 Å². The Morgan fingerprint density at radius 2 is 0.853 bits per heavy atom. The molecule has 0 unspecified atom stereocenters. The second-order valence-electron chi connectivity index (χ2n) is 11.0. The Hall–Kier alpha value is -0.401. The van der Waals surface area contributed by atoms with Crippen LogP contribution < -0.4 is 9.47 Å². The predicted octanol–water partition coefficient (Wildman–Crippen LogP) is 10.1. The van der Waals surface area contributed by atoms with Crippen LogP contribution in [-0.4, -0.2) is 27.7 Å². The van der Waals surface area contributed by atoms with Crippen LogP contribution in [-0.2, 0) is 0 Å². The number of hydrogen-bond acceptors (Lipinski definition) is 2. The molecular weight excluding hydrogens is 483 g/mol. The second kappa shape index (κ2) is 19.7. The monoisotopic (exact) mass is 540 g/mol. The van der Waals surface area contributed by atoms with Crippen LogP contribution in [0.2, 0.25) is 0 Å². The Labute approximate surface area is 218 Å². The Balaban J connectivity index is 1.62. The summed E-state index contributed by atoms with van der Waals surface area (Å²) in [5.74, 6) is 2.07. The van der Waals surface area contributed by atoms with E-state index in [1.165, 1.54) is 141 Å². The van der Waals surface area contributed by atoms with E-state index in [2.05, 4.69) is 23.7 Å². The Kier molecular flexibility index (Phi) is 17.3. The summed E-state index contributed by atoms with van der Waals surface area (Å²) < 4.78 is 12.6. The molecule has 0 saturated carbocycles. The van der Waals surface area contributed by atoms with Gasteiger partial charge in [0.1, 0.15) is 0 Å². The standard InChI is InChI=1S/C31H56O2Se/c1-3-5-7-9-11-13-15-17-19-21-23-31(27-32-29-25-34-26-30(29)33-28-31)24-22-20-18-16-14-12-10-8-6-4-2/h25-26H,3-24,27-28H2,1-2H3. The third-order valence-corrected chi connectivity index (χ3v) is 9.25. The summed E-state index contributed by atoms with van der Waals surface area (Å²) in [7, 11) is 0. The first-order valence-corrected chi connectivity index (χ1v) is 17.1. The van der Waals surface area contributed by atoms with Gasteiger partial charge in [0.25, 0.3) is 0 Å². The van der Waals surface area contributed by atoms with Crippen molar-refractivity contribution in [1.29, 1.82) is 0 Å². The fourth-order valence-corrected chi connectivity index (χ4v) is 6.81. The molecule has 0 fully saturated rings. The number of rotatable bonds is 22. The normalized spacial score (nSPS) is 14.9. The molecule has 1 aliphatic heterocycles. The zero-order valence-corrected chi connectivity index (χ0v) is 24.6. The van der Waals surface area contributed by atoms with Gasteiger partial charge in [0, 0.05) is 0 Å². The van der Waals surface area contributed by atoms with Gasteiger partial charge >= 0.3 is 154 Å². The van der Waals surface area contributed by atoms with Crippen LogP contribution in [0.25, 0.3) is 0 Å². The molecule has 0 amide bonds. The fourth-order valence-electron chi connectivity index (χ4n) is 5.38. The summed E-state index contributed by atoms with van der Waals surface area (Å²) in [6.45, 7) is 6.32. The molecule has 1 aromatic rings. The molecule has 0 radical (unpaired) electrons. The van der Waals surface area contributed by atoms with Crippen LogP contribution in [0.4, 0.5) is 0 Å². The summed E-state index contributed by atoms with van der Waals surface area (Å²) in [4.78, 5) is 4.50. The van der Waals surface area contributed by atoms with E-state index < -0.39 is 0 Å². The zero-order valence-electron chi connectivity index (χ0n) is 22.9. The Bertz CT molecular complexity index is 533. The van der Waals surface area contributed by atoms with Crippen molar-refractivity contribution in [1.82, 2.24) is 0 Å². The van der Waals surface area contributed by atoms with Gasteiger partial charge in [-0.25, -0.2) is 0 Å². The van der Waals surface area contributed by atoms with E-state index in [1.807, 2.05) is 0 Å². The van der Waals surface area contributed by atoms with Gasteiger partial charge < -0.3 is 0 Å². The first-order chi connectivity index (χ1) is 16.8. The summed E-state index contributed by atoms with van der Waals surface area (Å²) in [6, 6.07) is 0.